The minimum absolute atomic E-state index is 0.239. The van der Waals surface area contributed by atoms with Crippen LogP contribution in [0.25, 0.3) is 0 Å². The molecule has 0 aliphatic rings. The Bertz CT molecular complexity index is 398. The number of nitrogens with zero attached hydrogens (tertiary/aromatic N) is 1. The van der Waals surface area contributed by atoms with E-state index in [1.807, 2.05) is 6.92 Å². The van der Waals surface area contributed by atoms with E-state index in [0.717, 1.165) is 36.5 Å². The van der Waals surface area contributed by atoms with Crippen molar-refractivity contribution in [1.29, 1.82) is 0 Å². The molecule has 108 valence electrons. The standard InChI is InChI=1S/C14H24N2O2S/c1-9(14(17)18)6-5-7-10(2)15-8-13-16-11(3)12(4)19-13/h9-10,15H,5-8H2,1-4H3,(H,17,18). The van der Waals surface area contributed by atoms with Crippen LogP contribution in [0.2, 0.25) is 0 Å². The van der Waals surface area contributed by atoms with Crippen LogP contribution in [0.5, 0.6) is 0 Å². The van der Waals surface area contributed by atoms with Crippen molar-refractivity contribution < 1.29 is 9.90 Å². The largest absolute Gasteiger partial charge is 0.481 e. The summed E-state index contributed by atoms with van der Waals surface area (Å²) in [5.41, 5.74) is 1.12. The van der Waals surface area contributed by atoms with Crippen molar-refractivity contribution in [3.8, 4) is 0 Å². The van der Waals surface area contributed by atoms with Crippen LogP contribution in [0.4, 0.5) is 0 Å². The summed E-state index contributed by atoms with van der Waals surface area (Å²) >= 11 is 1.74. The molecule has 0 radical (unpaired) electrons. The van der Waals surface area contributed by atoms with Gasteiger partial charge in [0.1, 0.15) is 5.01 Å². The molecule has 0 spiro atoms. The second-order valence-corrected chi connectivity index (χ2v) is 6.49. The molecule has 0 fully saturated rings. The first-order valence-electron chi connectivity index (χ1n) is 6.79. The summed E-state index contributed by atoms with van der Waals surface area (Å²) in [7, 11) is 0. The van der Waals surface area contributed by atoms with Gasteiger partial charge in [-0.3, -0.25) is 4.79 Å². The summed E-state index contributed by atoms with van der Waals surface area (Å²) in [6, 6.07) is 0.394. The molecular weight excluding hydrogens is 260 g/mol. The van der Waals surface area contributed by atoms with Crippen molar-refractivity contribution in [2.24, 2.45) is 5.92 Å². The quantitative estimate of drug-likeness (QED) is 0.770. The van der Waals surface area contributed by atoms with E-state index in [-0.39, 0.29) is 5.92 Å². The topological polar surface area (TPSA) is 62.2 Å². The molecule has 1 aromatic rings. The Hall–Kier alpha value is -0.940. The fraction of sp³-hybridized carbons (Fsp3) is 0.714. The zero-order chi connectivity index (χ0) is 14.4. The highest BCUT2D eigenvalue weighted by molar-refractivity contribution is 7.11. The summed E-state index contributed by atoms with van der Waals surface area (Å²) in [6.07, 6.45) is 2.69. The van der Waals surface area contributed by atoms with Crippen LogP contribution in [-0.2, 0) is 11.3 Å². The summed E-state index contributed by atoms with van der Waals surface area (Å²) in [6.45, 7) is 8.83. The van der Waals surface area contributed by atoms with Gasteiger partial charge >= 0.3 is 5.97 Å². The SMILES string of the molecule is Cc1nc(CNC(C)CCCC(C)C(=O)O)sc1C. The molecule has 0 saturated heterocycles. The maximum absolute atomic E-state index is 10.7. The number of hydrogen-bond donors (Lipinski definition) is 2. The maximum atomic E-state index is 10.7. The van der Waals surface area contributed by atoms with Gasteiger partial charge in [0.25, 0.3) is 0 Å². The third-order valence-corrected chi connectivity index (χ3v) is 4.44. The zero-order valence-corrected chi connectivity index (χ0v) is 13.0. The lowest BCUT2D eigenvalue weighted by Gasteiger charge is -2.13. The molecule has 2 atom stereocenters. The van der Waals surface area contributed by atoms with Crippen LogP contribution in [0.15, 0.2) is 0 Å². The van der Waals surface area contributed by atoms with Gasteiger partial charge in [-0.05, 0) is 33.6 Å². The molecule has 1 aromatic heterocycles. The Labute approximate surface area is 119 Å². The van der Waals surface area contributed by atoms with Crippen molar-refractivity contribution in [1.82, 2.24) is 10.3 Å². The fourth-order valence-electron chi connectivity index (χ4n) is 1.83. The number of carboxylic acids is 1. The Morgan fingerprint density at radius 3 is 2.58 bits per heavy atom. The van der Waals surface area contributed by atoms with E-state index in [4.69, 9.17) is 5.11 Å². The molecule has 2 N–H and O–H groups in total. The number of rotatable bonds is 8. The lowest BCUT2D eigenvalue weighted by atomic mass is 10.0. The van der Waals surface area contributed by atoms with E-state index >= 15 is 0 Å². The Balaban J connectivity index is 2.21. The average molecular weight is 284 g/mol. The van der Waals surface area contributed by atoms with Gasteiger partial charge in [-0.25, -0.2) is 4.98 Å². The average Bonchev–Trinajstić information content (AvgIpc) is 2.66. The second kappa shape index (κ2) is 7.60. The molecule has 4 nitrogen and oxygen atoms in total. The second-order valence-electron chi connectivity index (χ2n) is 5.20. The molecule has 1 rings (SSSR count). The molecule has 0 aliphatic carbocycles. The van der Waals surface area contributed by atoms with E-state index in [1.54, 1.807) is 18.3 Å². The first-order valence-corrected chi connectivity index (χ1v) is 7.61. The van der Waals surface area contributed by atoms with E-state index in [1.165, 1.54) is 4.88 Å². The molecule has 19 heavy (non-hydrogen) atoms. The normalized spacial score (nSPS) is 14.3. The lowest BCUT2D eigenvalue weighted by molar-refractivity contribution is -0.141. The molecule has 2 unspecified atom stereocenters. The Morgan fingerprint density at radius 1 is 1.37 bits per heavy atom. The number of thiazole rings is 1. The maximum Gasteiger partial charge on any atom is 0.306 e. The van der Waals surface area contributed by atoms with Crippen molar-refractivity contribution in [3.63, 3.8) is 0 Å². The summed E-state index contributed by atoms with van der Waals surface area (Å²) in [5.74, 6) is -0.939. The van der Waals surface area contributed by atoms with E-state index in [2.05, 4.69) is 24.1 Å². The highest BCUT2D eigenvalue weighted by Crippen LogP contribution is 2.16. The van der Waals surface area contributed by atoms with Gasteiger partial charge in [0.05, 0.1) is 11.6 Å². The summed E-state index contributed by atoms with van der Waals surface area (Å²) < 4.78 is 0. The number of nitrogens with one attached hydrogen (secondary N) is 1. The minimum Gasteiger partial charge on any atom is -0.481 e. The van der Waals surface area contributed by atoms with Gasteiger partial charge in [0, 0.05) is 17.5 Å². The number of aromatic nitrogens is 1. The minimum atomic E-state index is -0.700. The van der Waals surface area contributed by atoms with Crippen LogP contribution >= 0.6 is 11.3 Å². The number of carbonyl (C=O) groups is 1. The summed E-state index contributed by atoms with van der Waals surface area (Å²) in [5, 5.41) is 13.4. The van der Waals surface area contributed by atoms with Gasteiger partial charge in [0.2, 0.25) is 0 Å². The predicted octanol–water partition coefficient (Wildman–Crippen LogP) is 3.13. The number of carboxylic acid groups (broad SMARTS) is 1. The number of hydrogen-bond acceptors (Lipinski definition) is 4. The Morgan fingerprint density at radius 2 is 2.05 bits per heavy atom. The predicted molar refractivity (Wildman–Crippen MR) is 78.5 cm³/mol. The molecule has 0 aliphatic heterocycles. The lowest BCUT2D eigenvalue weighted by Crippen LogP contribution is -2.25. The highest BCUT2D eigenvalue weighted by Gasteiger charge is 2.11. The molecule has 1 heterocycles. The molecular formula is C14H24N2O2S. The van der Waals surface area contributed by atoms with E-state index in [9.17, 15) is 4.79 Å². The third kappa shape index (κ3) is 5.70. The number of aliphatic carboxylic acids is 1. The number of aryl methyl sites for hydroxylation is 2. The van der Waals surface area contributed by atoms with Crippen LogP contribution in [0.3, 0.4) is 0 Å². The van der Waals surface area contributed by atoms with Crippen LogP contribution in [0.1, 0.15) is 48.7 Å². The van der Waals surface area contributed by atoms with Crippen molar-refractivity contribution in [2.45, 2.75) is 59.5 Å². The fourth-order valence-corrected chi connectivity index (χ4v) is 2.72. The van der Waals surface area contributed by atoms with Gasteiger partial charge in [-0.1, -0.05) is 13.3 Å². The first-order chi connectivity index (χ1) is 8.90. The van der Waals surface area contributed by atoms with E-state index in [0.29, 0.717) is 6.04 Å². The van der Waals surface area contributed by atoms with Crippen LogP contribution in [-0.4, -0.2) is 22.1 Å². The first kappa shape index (κ1) is 16.1. The molecule has 0 saturated carbocycles. The van der Waals surface area contributed by atoms with Crippen LogP contribution in [0, 0.1) is 19.8 Å². The van der Waals surface area contributed by atoms with Crippen molar-refractivity contribution in [3.05, 3.63) is 15.6 Å². The Kier molecular flexibility index (Phi) is 6.45. The van der Waals surface area contributed by atoms with Gasteiger partial charge in [-0.2, -0.15) is 0 Å². The molecule has 0 amide bonds. The van der Waals surface area contributed by atoms with Crippen molar-refractivity contribution in [2.75, 3.05) is 0 Å². The van der Waals surface area contributed by atoms with Crippen molar-refractivity contribution >= 4 is 17.3 Å². The summed E-state index contributed by atoms with van der Waals surface area (Å²) in [4.78, 5) is 16.5. The van der Waals surface area contributed by atoms with Gasteiger partial charge in [-0.15, -0.1) is 11.3 Å². The third-order valence-electron chi connectivity index (χ3n) is 3.37. The van der Waals surface area contributed by atoms with Crippen LogP contribution < -0.4 is 5.32 Å². The highest BCUT2D eigenvalue weighted by atomic mass is 32.1. The molecule has 0 bridgehead atoms. The van der Waals surface area contributed by atoms with E-state index < -0.39 is 5.97 Å². The van der Waals surface area contributed by atoms with Gasteiger partial charge < -0.3 is 10.4 Å². The zero-order valence-electron chi connectivity index (χ0n) is 12.2. The van der Waals surface area contributed by atoms with Gasteiger partial charge in [0.15, 0.2) is 0 Å². The molecule has 0 aromatic carbocycles. The smallest absolute Gasteiger partial charge is 0.306 e. The monoisotopic (exact) mass is 284 g/mol. The molecule has 5 heteroatoms.